The van der Waals surface area contributed by atoms with Crippen LogP contribution < -0.4 is 5.32 Å². The molecule has 0 saturated heterocycles. The summed E-state index contributed by atoms with van der Waals surface area (Å²) in [5, 5.41) is 3.29. The summed E-state index contributed by atoms with van der Waals surface area (Å²) in [7, 11) is 0. The van der Waals surface area contributed by atoms with E-state index in [0.29, 0.717) is 13.2 Å². The third-order valence-electron chi connectivity index (χ3n) is 2.72. The molecule has 4 heteroatoms. The van der Waals surface area contributed by atoms with Crippen molar-refractivity contribution in [1.82, 2.24) is 5.32 Å². The minimum absolute atomic E-state index is 0.143. The monoisotopic (exact) mass is 281 g/mol. The van der Waals surface area contributed by atoms with Crippen molar-refractivity contribution in [2.45, 2.75) is 32.9 Å². The minimum atomic E-state index is -0.209. The fraction of sp³-hybridized carbons (Fsp3) is 0.533. The van der Waals surface area contributed by atoms with Crippen LogP contribution in [0.3, 0.4) is 0 Å². The number of hydrogen-bond donors (Lipinski definition) is 1. The summed E-state index contributed by atoms with van der Waals surface area (Å²) in [6.45, 7) is 5.10. The number of carbonyl (C=O) groups excluding carboxylic acids is 1. The van der Waals surface area contributed by atoms with Crippen LogP contribution in [0.15, 0.2) is 30.3 Å². The van der Waals surface area contributed by atoms with Gasteiger partial charge in [-0.1, -0.05) is 37.3 Å². The highest BCUT2D eigenvalue weighted by Crippen LogP contribution is 2.07. The Kier molecular flexibility index (Phi) is 8.34. The van der Waals surface area contributed by atoms with E-state index in [4.69, 9.17) is 4.74 Å². The summed E-state index contributed by atoms with van der Waals surface area (Å²) in [6, 6.07) is 9.89. The SMILES string of the molecule is CCOC(=O)C(CCSCC)NCc1ccccc1. The predicted octanol–water partition coefficient (Wildman–Crippen LogP) is 2.85. The van der Waals surface area contributed by atoms with Crippen LogP contribution in [0.1, 0.15) is 25.8 Å². The van der Waals surface area contributed by atoms with Crippen LogP contribution in [0.5, 0.6) is 0 Å². The van der Waals surface area contributed by atoms with Crippen LogP contribution in [0.2, 0.25) is 0 Å². The van der Waals surface area contributed by atoms with E-state index >= 15 is 0 Å². The Labute approximate surface area is 120 Å². The fourth-order valence-corrected chi connectivity index (χ4v) is 2.42. The lowest BCUT2D eigenvalue weighted by atomic mass is 10.2. The lowest BCUT2D eigenvalue weighted by Gasteiger charge is -2.17. The molecule has 106 valence electrons. The third-order valence-corrected chi connectivity index (χ3v) is 3.65. The van der Waals surface area contributed by atoms with E-state index in [1.54, 1.807) is 0 Å². The maximum Gasteiger partial charge on any atom is 0.323 e. The molecule has 3 nitrogen and oxygen atoms in total. The van der Waals surface area contributed by atoms with Gasteiger partial charge in [0.15, 0.2) is 0 Å². The van der Waals surface area contributed by atoms with Crippen molar-refractivity contribution in [3.8, 4) is 0 Å². The average molecular weight is 281 g/mol. The standard InChI is InChI=1S/C15H23NO2S/c1-3-18-15(17)14(10-11-19-4-2)16-12-13-8-6-5-7-9-13/h5-9,14,16H,3-4,10-12H2,1-2H3. The Morgan fingerprint density at radius 2 is 2.05 bits per heavy atom. The van der Waals surface area contributed by atoms with Gasteiger partial charge >= 0.3 is 5.97 Å². The van der Waals surface area contributed by atoms with Crippen LogP contribution in [0.4, 0.5) is 0 Å². The molecule has 1 rings (SSSR count). The first-order valence-electron chi connectivity index (χ1n) is 6.79. The number of benzene rings is 1. The summed E-state index contributed by atoms with van der Waals surface area (Å²) in [5.74, 6) is 1.91. The number of esters is 1. The number of rotatable bonds is 9. The second kappa shape index (κ2) is 9.87. The highest BCUT2D eigenvalue weighted by molar-refractivity contribution is 7.99. The zero-order chi connectivity index (χ0) is 13.9. The van der Waals surface area contributed by atoms with Crippen molar-refractivity contribution < 1.29 is 9.53 Å². The van der Waals surface area contributed by atoms with Crippen molar-refractivity contribution in [2.24, 2.45) is 0 Å². The summed E-state index contributed by atoms with van der Waals surface area (Å²) < 4.78 is 5.11. The van der Waals surface area contributed by atoms with Gasteiger partial charge in [-0.2, -0.15) is 11.8 Å². The topological polar surface area (TPSA) is 38.3 Å². The second-order valence-electron chi connectivity index (χ2n) is 4.16. The van der Waals surface area contributed by atoms with Gasteiger partial charge in [0.2, 0.25) is 0 Å². The Morgan fingerprint density at radius 1 is 1.32 bits per heavy atom. The van der Waals surface area contributed by atoms with Gasteiger partial charge in [-0.25, -0.2) is 0 Å². The van der Waals surface area contributed by atoms with E-state index in [1.165, 1.54) is 5.56 Å². The van der Waals surface area contributed by atoms with E-state index in [-0.39, 0.29) is 12.0 Å². The molecule has 0 spiro atoms. The molecule has 1 aromatic carbocycles. The largest absolute Gasteiger partial charge is 0.465 e. The zero-order valence-corrected chi connectivity index (χ0v) is 12.5. The number of hydrogen-bond acceptors (Lipinski definition) is 4. The van der Waals surface area contributed by atoms with E-state index in [1.807, 2.05) is 36.9 Å². The van der Waals surface area contributed by atoms with Crippen molar-refractivity contribution in [3.63, 3.8) is 0 Å². The molecule has 0 aliphatic heterocycles. The molecule has 0 radical (unpaired) electrons. The number of carbonyl (C=O) groups is 1. The third kappa shape index (κ3) is 6.64. The van der Waals surface area contributed by atoms with Crippen LogP contribution in [0, 0.1) is 0 Å². The quantitative estimate of drug-likeness (QED) is 0.558. The van der Waals surface area contributed by atoms with Crippen molar-refractivity contribution in [2.75, 3.05) is 18.1 Å². The van der Waals surface area contributed by atoms with Crippen LogP contribution >= 0.6 is 11.8 Å². The maximum atomic E-state index is 11.9. The van der Waals surface area contributed by atoms with Crippen molar-refractivity contribution in [1.29, 1.82) is 0 Å². The lowest BCUT2D eigenvalue weighted by molar-refractivity contribution is -0.145. The molecule has 0 aliphatic rings. The Hall–Kier alpha value is -1.00. The van der Waals surface area contributed by atoms with Gasteiger partial charge in [-0.05, 0) is 30.4 Å². The van der Waals surface area contributed by atoms with Crippen LogP contribution in [-0.4, -0.2) is 30.1 Å². The van der Waals surface area contributed by atoms with Crippen LogP contribution in [-0.2, 0) is 16.1 Å². The predicted molar refractivity (Wildman–Crippen MR) is 81.3 cm³/mol. The normalized spacial score (nSPS) is 12.1. The molecular formula is C15H23NO2S. The molecule has 1 atom stereocenters. The fourth-order valence-electron chi connectivity index (χ4n) is 1.73. The molecule has 19 heavy (non-hydrogen) atoms. The molecule has 0 aromatic heterocycles. The van der Waals surface area contributed by atoms with Crippen molar-refractivity contribution in [3.05, 3.63) is 35.9 Å². The first kappa shape index (κ1) is 16.1. The Bertz CT molecular complexity index is 356. The van der Waals surface area contributed by atoms with E-state index in [0.717, 1.165) is 17.9 Å². The maximum absolute atomic E-state index is 11.9. The summed E-state index contributed by atoms with van der Waals surface area (Å²) in [6.07, 6.45) is 0.810. The smallest absolute Gasteiger partial charge is 0.323 e. The molecule has 0 amide bonds. The lowest BCUT2D eigenvalue weighted by Crippen LogP contribution is -2.38. The summed E-state index contributed by atoms with van der Waals surface area (Å²) >= 11 is 1.85. The first-order valence-corrected chi connectivity index (χ1v) is 7.95. The average Bonchev–Trinajstić information content (AvgIpc) is 2.44. The van der Waals surface area contributed by atoms with Crippen LogP contribution in [0.25, 0.3) is 0 Å². The molecule has 0 fully saturated rings. The zero-order valence-electron chi connectivity index (χ0n) is 11.7. The molecule has 1 N–H and O–H groups in total. The molecule has 0 saturated carbocycles. The molecule has 1 aromatic rings. The highest BCUT2D eigenvalue weighted by atomic mass is 32.2. The molecular weight excluding hydrogens is 258 g/mol. The van der Waals surface area contributed by atoms with E-state index in [2.05, 4.69) is 24.4 Å². The second-order valence-corrected chi connectivity index (χ2v) is 5.55. The van der Waals surface area contributed by atoms with Gasteiger partial charge in [0.05, 0.1) is 6.61 Å². The summed E-state index contributed by atoms with van der Waals surface area (Å²) in [4.78, 5) is 11.9. The van der Waals surface area contributed by atoms with Gasteiger partial charge in [0, 0.05) is 6.54 Å². The van der Waals surface area contributed by atoms with Gasteiger partial charge in [0.1, 0.15) is 6.04 Å². The molecule has 0 bridgehead atoms. The van der Waals surface area contributed by atoms with E-state index in [9.17, 15) is 4.79 Å². The van der Waals surface area contributed by atoms with Gasteiger partial charge in [-0.15, -0.1) is 0 Å². The van der Waals surface area contributed by atoms with Crippen molar-refractivity contribution >= 4 is 17.7 Å². The summed E-state index contributed by atoms with van der Waals surface area (Å²) in [5.41, 5.74) is 1.18. The Balaban J connectivity index is 2.45. The minimum Gasteiger partial charge on any atom is -0.465 e. The van der Waals surface area contributed by atoms with Gasteiger partial charge in [-0.3, -0.25) is 4.79 Å². The highest BCUT2D eigenvalue weighted by Gasteiger charge is 2.18. The molecule has 0 aliphatic carbocycles. The van der Waals surface area contributed by atoms with E-state index < -0.39 is 0 Å². The number of nitrogens with one attached hydrogen (secondary N) is 1. The molecule has 0 heterocycles. The molecule has 1 unspecified atom stereocenters. The van der Waals surface area contributed by atoms with Gasteiger partial charge in [0.25, 0.3) is 0 Å². The Morgan fingerprint density at radius 3 is 2.68 bits per heavy atom. The first-order chi connectivity index (χ1) is 9.27. The van der Waals surface area contributed by atoms with Gasteiger partial charge < -0.3 is 10.1 Å². The number of thioether (sulfide) groups is 1. The number of ether oxygens (including phenoxy) is 1.